The highest BCUT2D eigenvalue weighted by Crippen LogP contribution is 2.25. The fourth-order valence-electron chi connectivity index (χ4n) is 4.80. The van der Waals surface area contributed by atoms with Crippen LogP contribution in [0.15, 0.2) is 59.5 Å². The normalized spacial score (nSPS) is 14.0. The summed E-state index contributed by atoms with van der Waals surface area (Å²) in [7, 11) is 0. The van der Waals surface area contributed by atoms with Crippen LogP contribution in [0.4, 0.5) is 5.82 Å². The quantitative estimate of drug-likeness (QED) is 0.448. The number of pyridine rings is 2. The number of carbonyl (C=O) groups excluding carboxylic acids is 1. The number of hydrogen-bond donors (Lipinski definition) is 0. The lowest BCUT2D eigenvalue weighted by Crippen LogP contribution is -2.50. The van der Waals surface area contributed by atoms with Crippen LogP contribution in [0.2, 0.25) is 0 Å². The molecule has 0 aliphatic carbocycles. The summed E-state index contributed by atoms with van der Waals surface area (Å²) in [4.78, 5) is 35.0. The molecular formula is C27H30N6O2. The molecule has 5 rings (SSSR count). The molecule has 0 unspecified atom stereocenters. The Labute approximate surface area is 204 Å². The summed E-state index contributed by atoms with van der Waals surface area (Å²) in [5.74, 6) is 0.859. The van der Waals surface area contributed by atoms with Gasteiger partial charge < -0.3 is 9.80 Å². The number of carbonyl (C=O) groups is 1. The van der Waals surface area contributed by atoms with Crippen LogP contribution in [0.1, 0.15) is 23.7 Å². The molecule has 1 aliphatic heterocycles. The lowest BCUT2D eigenvalue weighted by atomic mass is 10.1. The van der Waals surface area contributed by atoms with Crippen LogP contribution in [0, 0.1) is 13.8 Å². The molecular weight excluding hydrogens is 440 g/mol. The molecule has 0 bridgehead atoms. The molecule has 3 aromatic heterocycles. The number of piperazine rings is 1. The van der Waals surface area contributed by atoms with Gasteiger partial charge >= 0.3 is 0 Å². The topological polar surface area (TPSA) is 76.3 Å². The molecule has 1 aromatic carbocycles. The van der Waals surface area contributed by atoms with Gasteiger partial charge in [-0.2, -0.15) is 5.10 Å². The van der Waals surface area contributed by atoms with Crippen LogP contribution < -0.4 is 10.5 Å². The Morgan fingerprint density at radius 1 is 1.00 bits per heavy atom. The van der Waals surface area contributed by atoms with E-state index in [4.69, 9.17) is 5.10 Å². The zero-order valence-electron chi connectivity index (χ0n) is 20.4. The Morgan fingerprint density at radius 2 is 1.74 bits per heavy atom. The number of nitrogens with zero attached hydrogens (tertiary/aromatic N) is 6. The third kappa shape index (κ3) is 4.32. The molecule has 35 heavy (non-hydrogen) atoms. The van der Waals surface area contributed by atoms with Crippen molar-refractivity contribution in [3.8, 4) is 5.69 Å². The third-order valence-electron chi connectivity index (χ3n) is 6.74. The zero-order valence-corrected chi connectivity index (χ0v) is 20.4. The fraction of sp³-hybridized carbons (Fsp3) is 0.333. The smallest absolute Gasteiger partial charge is 0.252 e. The van der Waals surface area contributed by atoms with E-state index in [1.807, 2.05) is 68.1 Å². The maximum Gasteiger partial charge on any atom is 0.252 e. The Morgan fingerprint density at radius 3 is 2.40 bits per heavy atom. The standard InChI is InChI=1S/C27H30N6O2/c1-4-21-17-24(34)32(27-26(21)20(3)29-33(27)22-10-8-19(2)9-11-22)18-25(35)31-15-13-30(14-16-31)23-7-5-6-12-28-23/h5-12,17H,4,13-16,18H2,1-3H3. The second-order valence-corrected chi connectivity index (χ2v) is 9.03. The molecule has 4 aromatic rings. The maximum atomic E-state index is 13.4. The van der Waals surface area contributed by atoms with E-state index < -0.39 is 0 Å². The van der Waals surface area contributed by atoms with E-state index in [2.05, 4.69) is 9.88 Å². The predicted molar refractivity (Wildman–Crippen MR) is 137 cm³/mol. The van der Waals surface area contributed by atoms with Crippen LogP contribution >= 0.6 is 0 Å². The van der Waals surface area contributed by atoms with Gasteiger partial charge in [-0.1, -0.05) is 30.7 Å². The van der Waals surface area contributed by atoms with Gasteiger partial charge in [-0.15, -0.1) is 0 Å². The van der Waals surface area contributed by atoms with E-state index in [9.17, 15) is 9.59 Å². The van der Waals surface area contributed by atoms with E-state index >= 15 is 0 Å². The Bertz CT molecular complexity index is 1410. The second-order valence-electron chi connectivity index (χ2n) is 9.03. The minimum absolute atomic E-state index is 0.0140. The molecule has 180 valence electrons. The molecule has 0 radical (unpaired) electrons. The van der Waals surface area contributed by atoms with Gasteiger partial charge in [0.1, 0.15) is 18.0 Å². The minimum Gasteiger partial charge on any atom is -0.353 e. The lowest BCUT2D eigenvalue weighted by Gasteiger charge is -2.35. The summed E-state index contributed by atoms with van der Waals surface area (Å²) in [5.41, 5.74) is 4.32. The van der Waals surface area contributed by atoms with Crippen molar-refractivity contribution in [1.29, 1.82) is 0 Å². The Hall–Kier alpha value is -3.94. The molecule has 0 N–H and O–H groups in total. The Kier molecular flexibility index (Phi) is 6.11. The van der Waals surface area contributed by atoms with E-state index in [0.29, 0.717) is 31.8 Å². The third-order valence-corrected chi connectivity index (χ3v) is 6.74. The number of aryl methyl sites for hydroxylation is 3. The van der Waals surface area contributed by atoms with Crippen molar-refractivity contribution < 1.29 is 4.79 Å². The molecule has 1 fully saturated rings. The largest absolute Gasteiger partial charge is 0.353 e. The molecule has 8 heteroatoms. The highest BCUT2D eigenvalue weighted by Gasteiger charge is 2.25. The SMILES string of the molecule is CCc1cc(=O)n(CC(=O)N2CCN(c3ccccn3)CC2)c2c1c(C)nn2-c1ccc(C)cc1. The summed E-state index contributed by atoms with van der Waals surface area (Å²) < 4.78 is 3.39. The van der Waals surface area contributed by atoms with Crippen LogP contribution in [0.5, 0.6) is 0 Å². The first-order chi connectivity index (χ1) is 17.0. The van der Waals surface area contributed by atoms with Gasteiger partial charge in [0.05, 0.1) is 11.4 Å². The lowest BCUT2D eigenvalue weighted by molar-refractivity contribution is -0.132. The first-order valence-corrected chi connectivity index (χ1v) is 12.1. The van der Waals surface area contributed by atoms with Gasteiger partial charge in [-0.05, 0) is 50.1 Å². The van der Waals surface area contributed by atoms with Crippen molar-refractivity contribution in [3.05, 3.63) is 81.9 Å². The summed E-state index contributed by atoms with van der Waals surface area (Å²) >= 11 is 0. The van der Waals surface area contributed by atoms with Crippen molar-refractivity contribution in [2.45, 2.75) is 33.7 Å². The van der Waals surface area contributed by atoms with E-state index in [1.165, 1.54) is 0 Å². The number of fused-ring (bicyclic) bond motifs is 1. The number of benzene rings is 1. The van der Waals surface area contributed by atoms with Crippen LogP contribution in [-0.2, 0) is 17.8 Å². The molecule has 8 nitrogen and oxygen atoms in total. The molecule has 0 atom stereocenters. The van der Waals surface area contributed by atoms with Crippen molar-refractivity contribution >= 4 is 22.8 Å². The number of amides is 1. The predicted octanol–water partition coefficient (Wildman–Crippen LogP) is 3.11. The summed E-state index contributed by atoms with van der Waals surface area (Å²) in [6.07, 6.45) is 2.50. The van der Waals surface area contributed by atoms with Gasteiger partial charge in [0, 0.05) is 43.8 Å². The Balaban J connectivity index is 1.47. The monoisotopic (exact) mass is 470 g/mol. The van der Waals surface area contributed by atoms with Gasteiger partial charge in [-0.25, -0.2) is 9.67 Å². The van der Waals surface area contributed by atoms with Crippen molar-refractivity contribution in [2.24, 2.45) is 0 Å². The van der Waals surface area contributed by atoms with Crippen molar-refractivity contribution in [2.75, 3.05) is 31.1 Å². The van der Waals surface area contributed by atoms with E-state index in [1.54, 1.807) is 21.5 Å². The molecule has 4 heterocycles. The van der Waals surface area contributed by atoms with Gasteiger partial charge in [0.15, 0.2) is 0 Å². The molecule has 0 saturated carbocycles. The summed E-state index contributed by atoms with van der Waals surface area (Å²) in [6, 6.07) is 15.5. The average molecular weight is 471 g/mol. The molecule has 1 saturated heterocycles. The van der Waals surface area contributed by atoms with E-state index in [-0.39, 0.29) is 18.0 Å². The van der Waals surface area contributed by atoms with Gasteiger partial charge in [-0.3, -0.25) is 14.2 Å². The average Bonchev–Trinajstić information content (AvgIpc) is 3.23. The summed E-state index contributed by atoms with van der Waals surface area (Å²) in [6.45, 7) is 8.62. The highest BCUT2D eigenvalue weighted by atomic mass is 16.2. The van der Waals surface area contributed by atoms with Crippen molar-refractivity contribution in [3.63, 3.8) is 0 Å². The van der Waals surface area contributed by atoms with E-state index in [0.717, 1.165) is 40.1 Å². The van der Waals surface area contributed by atoms with Crippen LogP contribution in [0.3, 0.4) is 0 Å². The summed E-state index contributed by atoms with van der Waals surface area (Å²) in [5, 5.41) is 5.73. The number of rotatable bonds is 5. The zero-order chi connectivity index (χ0) is 24.5. The minimum atomic E-state index is -0.178. The van der Waals surface area contributed by atoms with Crippen molar-refractivity contribution in [1.82, 2.24) is 24.2 Å². The fourth-order valence-corrected chi connectivity index (χ4v) is 4.80. The first kappa shape index (κ1) is 22.8. The van der Waals surface area contributed by atoms with Crippen LogP contribution in [-0.4, -0.2) is 56.3 Å². The first-order valence-electron chi connectivity index (χ1n) is 12.1. The maximum absolute atomic E-state index is 13.4. The second kappa shape index (κ2) is 9.37. The van der Waals surface area contributed by atoms with Gasteiger partial charge in [0.25, 0.3) is 5.56 Å². The number of anilines is 1. The number of aromatic nitrogens is 4. The highest BCUT2D eigenvalue weighted by molar-refractivity contribution is 5.86. The molecule has 0 spiro atoms. The van der Waals surface area contributed by atoms with Gasteiger partial charge in [0.2, 0.25) is 5.91 Å². The molecule has 1 aliphatic rings. The molecule has 1 amide bonds. The number of hydrogen-bond acceptors (Lipinski definition) is 5. The van der Waals surface area contributed by atoms with Crippen LogP contribution in [0.25, 0.3) is 16.7 Å².